The van der Waals surface area contributed by atoms with E-state index in [1.54, 1.807) is 4.90 Å². The number of methoxy groups -OCH3 is 1. The number of piperidine rings is 1. The van der Waals surface area contributed by atoms with Crippen molar-refractivity contribution < 1.29 is 19.1 Å². The monoisotopic (exact) mass is 325 g/mol. The lowest BCUT2D eigenvalue weighted by molar-refractivity contribution is 0.0597. The second-order valence-electron chi connectivity index (χ2n) is 5.46. The van der Waals surface area contributed by atoms with E-state index in [1.165, 1.54) is 18.4 Å². The maximum atomic E-state index is 11.9. The molecule has 6 heteroatoms. The summed E-state index contributed by atoms with van der Waals surface area (Å²) in [5.41, 5.74) is 1.72. The van der Waals surface area contributed by atoms with Gasteiger partial charge in [0.15, 0.2) is 0 Å². The third-order valence-electron chi connectivity index (χ3n) is 4.01. The van der Waals surface area contributed by atoms with Gasteiger partial charge in [-0.05, 0) is 36.1 Å². The van der Waals surface area contributed by atoms with Crippen LogP contribution < -0.4 is 0 Å². The van der Waals surface area contributed by atoms with Crippen LogP contribution in [0.15, 0.2) is 10.8 Å². The van der Waals surface area contributed by atoms with Crippen molar-refractivity contribution in [3.05, 3.63) is 21.9 Å². The van der Waals surface area contributed by atoms with E-state index in [0.29, 0.717) is 31.2 Å². The van der Waals surface area contributed by atoms with Gasteiger partial charge in [-0.3, -0.25) is 0 Å². The molecule has 0 aromatic carbocycles. The van der Waals surface area contributed by atoms with Gasteiger partial charge in [-0.1, -0.05) is 13.3 Å². The Morgan fingerprint density at radius 2 is 2.05 bits per heavy atom. The van der Waals surface area contributed by atoms with Crippen LogP contribution in [0.3, 0.4) is 0 Å². The minimum Gasteiger partial charge on any atom is -0.465 e. The number of ether oxygens (including phenoxy) is 2. The molecule has 0 spiro atoms. The first-order valence-corrected chi connectivity index (χ1v) is 8.67. The Balaban J connectivity index is 1.88. The topological polar surface area (TPSA) is 55.8 Å². The molecule has 1 aliphatic heterocycles. The highest BCUT2D eigenvalue weighted by Crippen LogP contribution is 2.33. The van der Waals surface area contributed by atoms with Gasteiger partial charge in [-0.15, -0.1) is 0 Å². The Labute approximate surface area is 135 Å². The highest BCUT2D eigenvalue weighted by atomic mass is 32.1. The van der Waals surface area contributed by atoms with E-state index >= 15 is 0 Å². The van der Waals surface area contributed by atoms with Crippen LogP contribution in [-0.2, 0) is 9.47 Å². The average molecular weight is 325 g/mol. The summed E-state index contributed by atoms with van der Waals surface area (Å²) in [7, 11) is 1.40. The fourth-order valence-electron chi connectivity index (χ4n) is 2.67. The molecule has 1 amide bonds. The molecule has 2 rings (SSSR count). The molecule has 0 unspecified atom stereocenters. The molecule has 122 valence electrons. The third kappa shape index (κ3) is 4.00. The summed E-state index contributed by atoms with van der Waals surface area (Å²) in [4.78, 5) is 25.4. The van der Waals surface area contributed by atoms with Crippen LogP contribution in [0.25, 0.3) is 0 Å². The molecule has 1 aromatic heterocycles. The van der Waals surface area contributed by atoms with Crippen LogP contribution in [0.1, 0.15) is 54.4 Å². The molecule has 0 N–H and O–H groups in total. The number of hydrogen-bond donors (Lipinski definition) is 0. The molecule has 5 nitrogen and oxygen atoms in total. The van der Waals surface area contributed by atoms with Crippen LogP contribution in [0.5, 0.6) is 0 Å². The Hall–Kier alpha value is -1.56. The number of rotatable bonds is 5. The Kier molecular flexibility index (Phi) is 6.24. The number of esters is 1. The number of carbonyl (C=O) groups excluding carboxylic acids is 2. The maximum Gasteiger partial charge on any atom is 0.409 e. The predicted molar refractivity (Wildman–Crippen MR) is 85.5 cm³/mol. The largest absolute Gasteiger partial charge is 0.465 e. The van der Waals surface area contributed by atoms with E-state index in [9.17, 15) is 9.59 Å². The zero-order chi connectivity index (χ0) is 15.9. The maximum absolute atomic E-state index is 11.9. The zero-order valence-electron chi connectivity index (χ0n) is 13.2. The van der Waals surface area contributed by atoms with Gasteiger partial charge in [0.05, 0.1) is 19.3 Å². The number of likely N-dealkylation sites (tertiary alicyclic amines) is 1. The van der Waals surface area contributed by atoms with Gasteiger partial charge < -0.3 is 14.4 Å². The van der Waals surface area contributed by atoms with Gasteiger partial charge in [0.1, 0.15) is 0 Å². The van der Waals surface area contributed by atoms with E-state index in [4.69, 9.17) is 9.47 Å². The van der Waals surface area contributed by atoms with Gasteiger partial charge >= 0.3 is 12.1 Å². The van der Waals surface area contributed by atoms with Gasteiger partial charge in [-0.25, -0.2) is 9.59 Å². The summed E-state index contributed by atoms with van der Waals surface area (Å²) in [5.74, 6) is 0.0256. The summed E-state index contributed by atoms with van der Waals surface area (Å²) < 4.78 is 10.1. The lowest BCUT2D eigenvalue weighted by Gasteiger charge is -2.31. The Morgan fingerprint density at radius 3 is 2.68 bits per heavy atom. The molecule has 1 saturated heterocycles. The second-order valence-corrected chi connectivity index (χ2v) is 6.21. The van der Waals surface area contributed by atoms with Crippen LogP contribution in [-0.4, -0.2) is 43.8 Å². The van der Waals surface area contributed by atoms with Crippen molar-refractivity contribution in [3.63, 3.8) is 0 Å². The predicted octanol–water partition coefficient (Wildman–Crippen LogP) is 3.65. The number of hydrogen-bond acceptors (Lipinski definition) is 5. The molecular weight excluding hydrogens is 302 g/mol. The van der Waals surface area contributed by atoms with Gasteiger partial charge in [0.2, 0.25) is 0 Å². The Bertz CT molecular complexity index is 506. The van der Waals surface area contributed by atoms with Gasteiger partial charge in [0, 0.05) is 18.5 Å². The van der Waals surface area contributed by atoms with Crippen molar-refractivity contribution in [1.29, 1.82) is 0 Å². The van der Waals surface area contributed by atoms with Crippen LogP contribution >= 0.6 is 11.3 Å². The van der Waals surface area contributed by atoms with Gasteiger partial charge in [0.25, 0.3) is 0 Å². The highest BCUT2D eigenvalue weighted by Gasteiger charge is 2.28. The van der Waals surface area contributed by atoms with Crippen molar-refractivity contribution in [1.82, 2.24) is 4.90 Å². The van der Waals surface area contributed by atoms with Crippen molar-refractivity contribution >= 4 is 23.4 Å². The molecule has 1 aromatic rings. The highest BCUT2D eigenvalue weighted by molar-refractivity contribution is 7.08. The second kappa shape index (κ2) is 8.17. The molecule has 1 aliphatic rings. The molecule has 2 heterocycles. The van der Waals surface area contributed by atoms with Crippen molar-refractivity contribution in [2.45, 2.75) is 38.5 Å². The van der Waals surface area contributed by atoms with Crippen LogP contribution in [0.2, 0.25) is 0 Å². The number of nitrogens with zero attached hydrogens (tertiary/aromatic N) is 1. The van der Waals surface area contributed by atoms with E-state index in [0.717, 1.165) is 31.2 Å². The first-order valence-electron chi connectivity index (χ1n) is 7.73. The van der Waals surface area contributed by atoms with Crippen LogP contribution in [0.4, 0.5) is 4.79 Å². The summed E-state index contributed by atoms with van der Waals surface area (Å²) in [6, 6.07) is 0. The van der Waals surface area contributed by atoms with Crippen LogP contribution in [0, 0.1) is 0 Å². The molecule has 0 aliphatic carbocycles. The molecule has 0 radical (unpaired) electrons. The fourth-order valence-corrected chi connectivity index (χ4v) is 3.57. The summed E-state index contributed by atoms with van der Waals surface area (Å²) in [6.07, 6.45) is 3.40. The van der Waals surface area contributed by atoms with Crippen molar-refractivity contribution in [3.8, 4) is 0 Å². The minimum absolute atomic E-state index is 0.217. The first-order chi connectivity index (χ1) is 10.7. The molecule has 1 fully saturated rings. The lowest BCUT2D eigenvalue weighted by Crippen LogP contribution is -2.38. The molecular formula is C16H23NO4S. The lowest BCUT2D eigenvalue weighted by atomic mass is 9.89. The number of amides is 1. The van der Waals surface area contributed by atoms with E-state index in [-0.39, 0.29) is 12.1 Å². The molecule has 0 saturated carbocycles. The van der Waals surface area contributed by atoms with Crippen molar-refractivity contribution in [2.24, 2.45) is 0 Å². The quantitative estimate of drug-likeness (QED) is 0.612. The van der Waals surface area contributed by atoms with E-state index < -0.39 is 0 Å². The first kappa shape index (κ1) is 16.8. The molecule has 0 bridgehead atoms. The zero-order valence-corrected chi connectivity index (χ0v) is 14.0. The summed E-state index contributed by atoms with van der Waals surface area (Å²) >= 11 is 1.52. The SMILES string of the molecule is CCCCOC(=O)N1CCC(c2cscc2C(=O)OC)CC1. The minimum atomic E-state index is -0.280. The fraction of sp³-hybridized carbons (Fsp3) is 0.625. The normalized spacial score (nSPS) is 15.6. The van der Waals surface area contributed by atoms with Crippen molar-refractivity contribution in [2.75, 3.05) is 26.8 Å². The molecule has 22 heavy (non-hydrogen) atoms. The third-order valence-corrected chi connectivity index (χ3v) is 4.78. The standard InChI is InChI=1S/C16H23NO4S/c1-3-4-9-21-16(19)17-7-5-12(6-8-17)13-10-22-11-14(13)15(18)20-2/h10-12H,3-9H2,1-2H3. The number of unbranched alkanes of at least 4 members (excludes halogenated alkanes) is 1. The number of thiophene rings is 1. The average Bonchev–Trinajstić information content (AvgIpc) is 3.04. The number of carbonyl (C=O) groups is 2. The van der Waals surface area contributed by atoms with E-state index in [1.807, 2.05) is 10.8 Å². The van der Waals surface area contributed by atoms with E-state index in [2.05, 4.69) is 6.92 Å². The summed E-state index contributed by atoms with van der Waals surface area (Å²) in [6.45, 7) is 3.91. The Morgan fingerprint density at radius 1 is 1.32 bits per heavy atom. The molecule has 0 atom stereocenters. The smallest absolute Gasteiger partial charge is 0.409 e. The summed E-state index contributed by atoms with van der Waals surface area (Å²) in [5, 5.41) is 3.86. The van der Waals surface area contributed by atoms with Gasteiger partial charge in [-0.2, -0.15) is 11.3 Å².